The van der Waals surface area contributed by atoms with Crippen LogP contribution in [0.4, 0.5) is 10.1 Å². The topological polar surface area (TPSA) is 70.2 Å². The van der Waals surface area contributed by atoms with E-state index in [0.717, 1.165) is 31.5 Å². The van der Waals surface area contributed by atoms with E-state index in [4.69, 9.17) is 0 Å². The van der Waals surface area contributed by atoms with Gasteiger partial charge in [-0.15, -0.1) is 12.4 Å². The average molecular weight is 406 g/mol. The van der Waals surface area contributed by atoms with Gasteiger partial charge in [-0.25, -0.2) is 4.39 Å². The number of carbonyl (C=O) groups is 2. The second-order valence-electron chi connectivity index (χ2n) is 6.83. The van der Waals surface area contributed by atoms with Crippen LogP contribution >= 0.6 is 12.4 Å². The van der Waals surface area contributed by atoms with E-state index >= 15 is 0 Å². The molecule has 1 atom stereocenters. The van der Waals surface area contributed by atoms with Crippen LogP contribution in [0.25, 0.3) is 0 Å². The third-order valence-electron chi connectivity index (χ3n) is 4.75. The van der Waals surface area contributed by atoms with Crippen LogP contribution in [-0.4, -0.2) is 24.9 Å². The zero-order valence-corrected chi connectivity index (χ0v) is 16.4. The second-order valence-corrected chi connectivity index (χ2v) is 6.83. The van der Waals surface area contributed by atoms with Crippen LogP contribution in [0.5, 0.6) is 0 Å². The number of benzene rings is 2. The van der Waals surface area contributed by atoms with E-state index in [2.05, 4.69) is 16.0 Å². The molecular weight excluding hydrogens is 381 g/mol. The minimum absolute atomic E-state index is 0. The molecule has 150 valence electrons. The van der Waals surface area contributed by atoms with E-state index in [1.165, 1.54) is 24.3 Å². The Balaban J connectivity index is 0.00000280. The second kappa shape index (κ2) is 10.8. The molecule has 2 aromatic carbocycles. The molecule has 0 radical (unpaired) electrons. The quantitative estimate of drug-likeness (QED) is 0.660. The zero-order chi connectivity index (χ0) is 19.1. The highest BCUT2D eigenvalue weighted by atomic mass is 35.5. The van der Waals surface area contributed by atoms with Gasteiger partial charge in [0.15, 0.2) is 0 Å². The normalized spacial score (nSPS) is 15.5. The average Bonchev–Trinajstić information content (AvgIpc) is 3.20. The summed E-state index contributed by atoms with van der Waals surface area (Å²) in [6, 6.07) is 12.7. The zero-order valence-electron chi connectivity index (χ0n) is 15.5. The van der Waals surface area contributed by atoms with E-state index < -0.39 is 0 Å². The first kappa shape index (κ1) is 21.9. The number of rotatable bonds is 7. The molecular formula is C21H25ClFN3O2. The molecule has 1 aliphatic rings. The lowest BCUT2D eigenvalue weighted by molar-refractivity contribution is -0.121. The van der Waals surface area contributed by atoms with E-state index in [-0.39, 0.29) is 30.0 Å². The molecule has 0 aromatic heterocycles. The maximum atomic E-state index is 12.9. The molecule has 5 nitrogen and oxygen atoms in total. The Hall–Kier alpha value is -2.44. The highest BCUT2D eigenvalue weighted by Gasteiger charge is 2.15. The minimum Gasteiger partial charge on any atom is -0.352 e. The van der Waals surface area contributed by atoms with Crippen molar-refractivity contribution in [2.45, 2.75) is 25.8 Å². The van der Waals surface area contributed by atoms with Gasteiger partial charge in [0.05, 0.1) is 0 Å². The number of anilines is 1. The highest BCUT2D eigenvalue weighted by molar-refractivity contribution is 6.04. The molecule has 0 bridgehead atoms. The Morgan fingerprint density at radius 1 is 1.07 bits per heavy atom. The maximum absolute atomic E-state index is 12.9. The lowest BCUT2D eigenvalue weighted by atomic mass is 10.0. The van der Waals surface area contributed by atoms with Crippen LogP contribution in [0.3, 0.4) is 0 Å². The minimum atomic E-state index is -0.348. The maximum Gasteiger partial charge on any atom is 0.255 e. The van der Waals surface area contributed by atoms with Gasteiger partial charge in [0.1, 0.15) is 5.82 Å². The fourth-order valence-electron chi connectivity index (χ4n) is 3.10. The summed E-state index contributed by atoms with van der Waals surface area (Å²) in [6.07, 6.45) is 2.61. The molecule has 1 aliphatic heterocycles. The largest absolute Gasteiger partial charge is 0.352 e. The van der Waals surface area contributed by atoms with Crippen molar-refractivity contribution in [3.63, 3.8) is 0 Å². The molecule has 1 saturated heterocycles. The molecule has 2 aromatic rings. The van der Waals surface area contributed by atoms with Crippen LogP contribution in [0, 0.1) is 11.7 Å². The van der Waals surface area contributed by atoms with Crippen LogP contribution in [0.1, 0.15) is 35.2 Å². The highest BCUT2D eigenvalue weighted by Crippen LogP contribution is 2.14. The van der Waals surface area contributed by atoms with Crippen molar-refractivity contribution in [3.8, 4) is 0 Å². The molecule has 1 heterocycles. The SMILES string of the molecule is Cl.O=C(CCC1CCNC1)NCc1ccc(C(=O)Nc2ccc(F)cc2)cc1. The first-order valence-corrected chi connectivity index (χ1v) is 9.23. The van der Waals surface area contributed by atoms with Gasteiger partial charge in [-0.1, -0.05) is 12.1 Å². The molecule has 3 N–H and O–H groups in total. The summed E-state index contributed by atoms with van der Waals surface area (Å²) in [5.74, 6) is 0.0522. The first-order valence-electron chi connectivity index (χ1n) is 9.23. The summed E-state index contributed by atoms with van der Waals surface area (Å²) in [5.41, 5.74) is 1.97. The van der Waals surface area contributed by atoms with Gasteiger partial charge in [-0.2, -0.15) is 0 Å². The molecule has 7 heteroatoms. The van der Waals surface area contributed by atoms with Crippen molar-refractivity contribution in [1.82, 2.24) is 10.6 Å². The van der Waals surface area contributed by atoms with Gasteiger partial charge in [0.25, 0.3) is 5.91 Å². The Labute approximate surface area is 170 Å². The van der Waals surface area contributed by atoms with E-state index in [1.54, 1.807) is 12.1 Å². The number of carbonyl (C=O) groups excluding carboxylic acids is 2. The van der Waals surface area contributed by atoms with Crippen molar-refractivity contribution >= 4 is 29.9 Å². The molecule has 3 rings (SSSR count). The molecule has 0 aliphatic carbocycles. The number of amides is 2. The monoisotopic (exact) mass is 405 g/mol. The fourth-order valence-corrected chi connectivity index (χ4v) is 3.10. The Kier molecular flexibility index (Phi) is 8.42. The van der Waals surface area contributed by atoms with Crippen molar-refractivity contribution in [2.75, 3.05) is 18.4 Å². The predicted molar refractivity (Wildman–Crippen MR) is 110 cm³/mol. The lowest BCUT2D eigenvalue weighted by Crippen LogP contribution is -2.23. The Morgan fingerprint density at radius 3 is 2.43 bits per heavy atom. The van der Waals surface area contributed by atoms with Crippen molar-refractivity contribution < 1.29 is 14.0 Å². The summed E-state index contributed by atoms with van der Waals surface area (Å²) in [6.45, 7) is 2.50. The number of halogens is 2. The summed E-state index contributed by atoms with van der Waals surface area (Å²) in [5, 5.41) is 8.94. The third-order valence-corrected chi connectivity index (χ3v) is 4.75. The van der Waals surface area contributed by atoms with Crippen LogP contribution < -0.4 is 16.0 Å². The summed E-state index contributed by atoms with van der Waals surface area (Å²) in [7, 11) is 0. The summed E-state index contributed by atoms with van der Waals surface area (Å²) >= 11 is 0. The molecule has 1 fully saturated rings. The molecule has 1 unspecified atom stereocenters. The van der Waals surface area contributed by atoms with E-state index in [9.17, 15) is 14.0 Å². The smallest absolute Gasteiger partial charge is 0.255 e. The van der Waals surface area contributed by atoms with E-state index in [1.807, 2.05) is 12.1 Å². The van der Waals surface area contributed by atoms with E-state index in [0.29, 0.717) is 30.1 Å². The van der Waals surface area contributed by atoms with Gasteiger partial charge in [0, 0.05) is 24.2 Å². The van der Waals surface area contributed by atoms with Gasteiger partial charge in [-0.3, -0.25) is 9.59 Å². The fraction of sp³-hybridized carbons (Fsp3) is 0.333. The van der Waals surface area contributed by atoms with Crippen LogP contribution in [-0.2, 0) is 11.3 Å². The van der Waals surface area contributed by atoms with Crippen molar-refractivity contribution in [1.29, 1.82) is 0 Å². The van der Waals surface area contributed by atoms with Crippen LogP contribution in [0.2, 0.25) is 0 Å². The molecule has 0 saturated carbocycles. The van der Waals surface area contributed by atoms with Gasteiger partial charge in [0.2, 0.25) is 5.91 Å². The number of hydrogen-bond acceptors (Lipinski definition) is 3. The number of hydrogen-bond donors (Lipinski definition) is 3. The van der Waals surface area contributed by atoms with Crippen molar-refractivity contribution in [3.05, 3.63) is 65.5 Å². The summed E-state index contributed by atoms with van der Waals surface area (Å²) in [4.78, 5) is 24.2. The molecule has 28 heavy (non-hydrogen) atoms. The third kappa shape index (κ3) is 6.62. The standard InChI is InChI=1S/C21H24FN3O2.ClH/c22-18-6-8-19(9-7-18)25-21(27)17-4-1-15(2-5-17)14-24-20(26)10-3-16-11-12-23-13-16;/h1-2,4-9,16,23H,3,10-14H2,(H,24,26)(H,25,27);1H. The van der Waals surface area contributed by atoms with Gasteiger partial charge in [-0.05, 0) is 73.8 Å². The van der Waals surface area contributed by atoms with Gasteiger partial charge >= 0.3 is 0 Å². The Bertz CT molecular complexity index is 775. The predicted octanol–water partition coefficient (Wildman–Crippen LogP) is 3.51. The van der Waals surface area contributed by atoms with Crippen molar-refractivity contribution in [2.24, 2.45) is 5.92 Å². The summed E-state index contributed by atoms with van der Waals surface area (Å²) < 4.78 is 12.9. The van der Waals surface area contributed by atoms with Gasteiger partial charge < -0.3 is 16.0 Å². The molecule has 2 amide bonds. The lowest BCUT2D eigenvalue weighted by Gasteiger charge is -2.09. The first-order chi connectivity index (χ1) is 13.1. The number of nitrogens with one attached hydrogen (secondary N) is 3. The molecule has 0 spiro atoms. The van der Waals surface area contributed by atoms with Crippen LogP contribution in [0.15, 0.2) is 48.5 Å². The Morgan fingerprint density at radius 2 is 1.79 bits per heavy atom.